The summed E-state index contributed by atoms with van der Waals surface area (Å²) in [5.41, 5.74) is 4.83. The Labute approximate surface area is 249 Å². The van der Waals surface area contributed by atoms with Crippen molar-refractivity contribution in [2.24, 2.45) is 34.5 Å². The minimum atomic E-state index is -0.141. The first-order chi connectivity index (χ1) is 20.0. The molecular formula is C36H48O6. The van der Waals surface area contributed by atoms with E-state index >= 15 is 0 Å². The van der Waals surface area contributed by atoms with E-state index in [2.05, 4.69) is 13.8 Å². The molecule has 6 aliphatic rings. The number of aromatic hydroxyl groups is 4. The smallest absolute Gasteiger partial charge is 0.160 e. The average molecular weight is 577 g/mol. The molecule has 2 unspecified atom stereocenters. The molecule has 0 heterocycles. The Balaban J connectivity index is 0.000000137. The lowest BCUT2D eigenvalue weighted by molar-refractivity contribution is -0.0227. The van der Waals surface area contributed by atoms with Crippen molar-refractivity contribution in [3.8, 4) is 23.0 Å². The zero-order valence-corrected chi connectivity index (χ0v) is 25.1. The molecule has 0 aliphatic heterocycles. The number of aliphatic hydroxyl groups excluding tert-OH is 2. The molecule has 2 aromatic rings. The van der Waals surface area contributed by atoms with Gasteiger partial charge in [-0.05, 0) is 158 Å². The van der Waals surface area contributed by atoms with Crippen LogP contribution in [0.2, 0.25) is 0 Å². The second-order valence-electron chi connectivity index (χ2n) is 15.1. The molecule has 0 saturated heterocycles. The predicted octanol–water partition coefficient (Wildman–Crippen LogP) is 6.63. The monoisotopic (exact) mass is 576 g/mol. The van der Waals surface area contributed by atoms with Gasteiger partial charge in [0.1, 0.15) is 0 Å². The number of rotatable bonds is 0. The summed E-state index contributed by atoms with van der Waals surface area (Å²) in [5, 5.41) is 60.2. The van der Waals surface area contributed by atoms with Gasteiger partial charge < -0.3 is 30.6 Å². The summed E-state index contributed by atoms with van der Waals surface area (Å²) in [6.45, 7) is 4.55. The number of phenolic OH excluding ortho intramolecular Hbond substituents is 4. The van der Waals surface area contributed by atoms with Crippen molar-refractivity contribution < 1.29 is 30.6 Å². The van der Waals surface area contributed by atoms with E-state index in [0.29, 0.717) is 35.5 Å². The van der Waals surface area contributed by atoms with Gasteiger partial charge in [-0.3, -0.25) is 0 Å². The summed E-state index contributed by atoms with van der Waals surface area (Å²) in [4.78, 5) is 0. The van der Waals surface area contributed by atoms with Crippen molar-refractivity contribution in [2.75, 3.05) is 0 Å². The molecule has 10 atom stereocenters. The molecule has 6 heteroatoms. The molecule has 0 aromatic heterocycles. The van der Waals surface area contributed by atoms with Crippen LogP contribution in [0.4, 0.5) is 0 Å². The summed E-state index contributed by atoms with van der Waals surface area (Å²) >= 11 is 0. The molecule has 42 heavy (non-hydrogen) atoms. The number of aryl methyl sites for hydroxylation is 1. The van der Waals surface area contributed by atoms with E-state index in [0.717, 1.165) is 82.6 Å². The fourth-order valence-electron chi connectivity index (χ4n) is 11.2. The molecule has 6 N–H and O–H groups in total. The maximum Gasteiger partial charge on any atom is 0.160 e. The lowest BCUT2D eigenvalue weighted by atomic mass is 9.55. The van der Waals surface area contributed by atoms with Crippen molar-refractivity contribution in [3.63, 3.8) is 0 Å². The highest BCUT2D eigenvalue weighted by Gasteiger charge is 2.55. The van der Waals surface area contributed by atoms with Crippen LogP contribution >= 0.6 is 0 Å². The standard InChI is InChI=1S/2C18H24O3/c1-18-9-8-11-10-4-6-15(19)17(21)13(10)3-2-12(11)14(18)5-7-16(18)20;1-18-7-6-11-12(14(18)4-5-17(18)21)3-2-10-8-15(19)16(20)9-13(10)11/h4,6,11-12,14,16,19-21H,2-3,5,7-9H2,1H3;8-9,11-12,14,17,19-21H,2-7H2,1H3/t11-,12-,14+,16?,18+;11-,12+,14-,17?,18-/m10/s1. The lowest BCUT2D eigenvalue weighted by Gasteiger charge is -2.50. The van der Waals surface area contributed by atoms with Crippen LogP contribution in [-0.4, -0.2) is 42.8 Å². The van der Waals surface area contributed by atoms with E-state index < -0.39 is 0 Å². The third kappa shape index (κ3) is 4.11. The molecule has 4 fully saturated rings. The van der Waals surface area contributed by atoms with E-state index in [1.165, 1.54) is 16.7 Å². The quantitative estimate of drug-likeness (QED) is 0.196. The summed E-state index contributed by atoms with van der Waals surface area (Å²) in [7, 11) is 0. The summed E-state index contributed by atoms with van der Waals surface area (Å²) in [5.74, 6) is 3.54. The van der Waals surface area contributed by atoms with E-state index in [-0.39, 0.29) is 46.0 Å². The zero-order chi connectivity index (χ0) is 29.6. The topological polar surface area (TPSA) is 121 Å². The van der Waals surface area contributed by atoms with Crippen LogP contribution in [0.5, 0.6) is 23.0 Å². The van der Waals surface area contributed by atoms with Crippen molar-refractivity contribution in [1.29, 1.82) is 0 Å². The molecule has 0 spiro atoms. The van der Waals surface area contributed by atoms with Gasteiger partial charge in [0.15, 0.2) is 23.0 Å². The molecule has 0 radical (unpaired) electrons. The van der Waals surface area contributed by atoms with Crippen LogP contribution in [0.3, 0.4) is 0 Å². The van der Waals surface area contributed by atoms with Crippen molar-refractivity contribution in [2.45, 2.75) is 115 Å². The number of fused-ring (bicyclic) bond motifs is 10. The van der Waals surface area contributed by atoms with Gasteiger partial charge in [0.05, 0.1) is 12.2 Å². The van der Waals surface area contributed by atoms with Crippen LogP contribution in [0.1, 0.15) is 112 Å². The Morgan fingerprint density at radius 2 is 1.14 bits per heavy atom. The van der Waals surface area contributed by atoms with Crippen LogP contribution in [0.15, 0.2) is 24.3 Å². The minimum Gasteiger partial charge on any atom is -0.504 e. The fourth-order valence-corrected chi connectivity index (χ4v) is 11.2. The van der Waals surface area contributed by atoms with Crippen LogP contribution in [0.25, 0.3) is 0 Å². The Morgan fingerprint density at radius 1 is 0.595 bits per heavy atom. The van der Waals surface area contributed by atoms with Crippen LogP contribution in [-0.2, 0) is 12.8 Å². The molecule has 8 rings (SSSR count). The maximum atomic E-state index is 10.4. The molecule has 4 saturated carbocycles. The fraction of sp³-hybridized carbons (Fsp3) is 0.667. The average Bonchev–Trinajstić information content (AvgIpc) is 3.46. The zero-order valence-electron chi connectivity index (χ0n) is 25.1. The predicted molar refractivity (Wildman–Crippen MR) is 161 cm³/mol. The Kier molecular flexibility index (Phi) is 6.78. The summed E-state index contributed by atoms with van der Waals surface area (Å²) in [6.07, 6.45) is 12.2. The van der Waals surface area contributed by atoms with E-state index in [1.807, 2.05) is 6.07 Å². The highest BCUT2D eigenvalue weighted by atomic mass is 16.3. The third-order valence-corrected chi connectivity index (χ3v) is 13.6. The Hall–Kier alpha value is -2.44. The molecule has 0 amide bonds. The highest BCUT2D eigenvalue weighted by molar-refractivity contribution is 5.52. The van der Waals surface area contributed by atoms with E-state index in [9.17, 15) is 30.6 Å². The number of hydrogen-bond donors (Lipinski definition) is 6. The lowest BCUT2D eigenvalue weighted by Crippen LogP contribution is -2.43. The molecule has 6 aliphatic carbocycles. The number of phenols is 4. The van der Waals surface area contributed by atoms with Gasteiger partial charge >= 0.3 is 0 Å². The van der Waals surface area contributed by atoms with Gasteiger partial charge in [-0.1, -0.05) is 19.9 Å². The van der Waals surface area contributed by atoms with Crippen molar-refractivity contribution in [1.82, 2.24) is 0 Å². The van der Waals surface area contributed by atoms with Crippen molar-refractivity contribution in [3.05, 3.63) is 46.5 Å². The first kappa shape index (κ1) is 28.3. The third-order valence-electron chi connectivity index (χ3n) is 13.6. The second kappa shape index (κ2) is 10.1. The Morgan fingerprint density at radius 3 is 1.76 bits per heavy atom. The number of hydrogen-bond acceptors (Lipinski definition) is 6. The normalized spacial score (nSPS) is 41.2. The van der Waals surface area contributed by atoms with Gasteiger partial charge in [0.2, 0.25) is 0 Å². The molecule has 2 aromatic carbocycles. The van der Waals surface area contributed by atoms with E-state index in [1.54, 1.807) is 18.2 Å². The summed E-state index contributed by atoms with van der Waals surface area (Å²) < 4.78 is 0. The first-order valence-electron chi connectivity index (χ1n) is 16.5. The van der Waals surface area contributed by atoms with Crippen LogP contribution < -0.4 is 0 Å². The van der Waals surface area contributed by atoms with Crippen molar-refractivity contribution >= 4 is 0 Å². The van der Waals surface area contributed by atoms with Gasteiger partial charge in [-0.25, -0.2) is 0 Å². The van der Waals surface area contributed by atoms with Crippen LogP contribution in [0, 0.1) is 34.5 Å². The molecule has 6 nitrogen and oxygen atoms in total. The minimum absolute atomic E-state index is 0.00383. The number of aliphatic hydroxyl groups is 2. The van der Waals surface area contributed by atoms with E-state index in [4.69, 9.17) is 0 Å². The SMILES string of the molecule is C[C@]12CC[C@@H]3c4cc(O)c(O)cc4CC[C@H]3[C@@H]1CCC2O.C[C@]12CC[C@@H]3c4ccc(O)c(O)c4CC[C@H]3[C@@H]1CCC2O. The van der Waals surface area contributed by atoms with Gasteiger partial charge in [0, 0.05) is 5.56 Å². The van der Waals surface area contributed by atoms with Gasteiger partial charge in [-0.15, -0.1) is 0 Å². The highest BCUT2D eigenvalue weighted by Crippen LogP contribution is 2.63. The van der Waals surface area contributed by atoms with Gasteiger partial charge in [0.25, 0.3) is 0 Å². The maximum absolute atomic E-state index is 10.4. The number of benzene rings is 2. The Bertz CT molecular complexity index is 1330. The second-order valence-corrected chi connectivity index (χ2v) is 15.1. The first-order valence-corrected chi connectivity index (χ1v) is 16.5. The van der Waals surface area contributed by atoms with Gasteiger partial charge in [-0.2, -0.15) is 0 Å². The molecule has 228 valence electrons. The largest absolute Gasteiger partial charge is 0.504 e. The molecular weight excluding hydrogens is 528 g/mol. The summed E-state index contributed by atoms with van der Waals surface area (Å²) in [6, 6.07) is 7.18. The molecule has 0 bridgehead atoms.